The van der Waals surface area contributed by atoms with Crippen molar-refractivity contribution in [1.82, 2.24) is 0 Å². The molecule has 0 saturated carbocycles. The number of rotatable bonds is 1. The van der Waals surface area contributed by atoms with Gasteiger partial charge in [0.1, 0.15) is 0 Å². The standard InChI is InChI=1S/C10H4Cl2N2O/c1-14-7(5-13)2-6-3-8(11)10(15)9(12)4-6/h2-4,15H/b7-2+. The summed E-state index contributed by atoms with van der Waals surface area (Å²) in [6.07, 6.45) is 1.34. The Morgan fingerprint density at radius 3 is 2.40 bits per heavy atom. The summed E-state index contributed by atoms with van der Waals surface area (Å²) in [4.78, 5) is 2.98. The van der Waals surface area contributed by atoms with Gasteiger partial charge in [-0.1, -0.05) is 23.2 Å². The van der Waals surface area contributed by atoms with Crippen molar-refractivity contribution in [2.75, 3.05) is 0 Å². The Kier molecular flexibility index (Phi) is 3.57. The topological polar surface area (TPSA) is 48.4 Å². The molecular formula is C10H4Cl2N2O. The van der Waals surface area contributed by atoms with Gasteiger partial charge in [-0.05, 0) is 23.8 Å². The number of nitrogens with zero attached hydrogens (tertiary/aromatic N) is 2. The molecule has 1 aromatic carbocycles. The van der Waals surface area contributed by atoms with Crippen molar-refractivity contribution in [3.63, 3.8) is 0 Å². The van der Waals surface area contributed by atoms with Gasteiger partial charge in [0.25, 0.3) is 5.70 Å². The average molecular weight is 239 g/mol. The maximum atomic E-state index is 9.27. The van der Waals surface area contributed by atoms with E-state index in [0.717, 1.165) is 0 Å². The molecule has 0 heterocycles. The summed E-state index contributed by atoms with van der Waals surface area (Å²) < 4.78 is 0. The van der Waals surface area contributed by atoms with Crippen LogP contribution in [-0.2, 0) is 0 Å². The highest BCUT2D eigenvalue weighted by atomic mass is 35.5. The molecular weight excluding hydrogens is 235 g/mol. The zero-order chi connectivity index (χ0) is 11.4. The van der Waals surface area contributed by atoms with E-state index in [9.17, 15) is 5.11 Å². The van der Waals surface area contributed by atoms with Gasteiger partial charge in [-0.3, -0.25) is 0 Å². The van der Waals surface area contributed by atoms with E-state index in [0.29, 0.717) is 5.56 Å². The Morgan fingerprint density at radius 1 is 1.47 bits per heavy atom. The number of allylic oxidation sites excluding steroid dienone is 1. The van der Waals surface area contributed by atoms with Crippen molar-refractivity contribution in [3.8, 4) is 11.8 Å². The summed E-state index contributed by atoms with van der Waals surface area (Å²) in [6, 6.07) is 4.56. The van der Waals surface area contributed by atoms with Gasteiger partial charge in [0.2, 0.25) is 0 Å². The van der Waals surface area contributed by atoms with Crippen molar-refractivity contribution in [2.45, 2.75) is 0 Å². The molecule has 1 rings (SSSR count). The molecule has 0 fully saturated rings. The highest BCUT2D eigenvalue weighted by molar-refractivity contribution is 6.37. The molecule has 3 nitrogen and oxygen atoms in total. The van der Waals surface area contributed by atoms with Crippen molar-refractivity contribution >= 4 is 29.3 Å². The molecule has 0 unspecified atom stereocenters. The molecule has 0 atom stereocenters. The van der Waals surface area contributed by atoms with Gasteiger partial charge >= 0.3 is 0 Å². The summed E-state index contributed by atoms with van der Waals surface area (Å²) in [7, 11) is 0. The highest BCUT2D eigenvalue weighted by Gasteiger charge is 2.05. The average Bonchev–Trinajstić information content (AvgIpc) is 2.22. The van der Waals surface area contributed by atoms with Gasteiger partial charge in [-0.25, -0.2) is 10.1 Å². The zero-order valence-corrected chi connectivity index (χ0v) is 8.84. The summed E-state index contributed by atoms with van der Waals surface area (Å²) in [5.41, 5.74) is 0.420. The Morgan fingerprint density at radius 2 is 2.00 bits per heavy atom. The van der Waals surface area contributed by atoms with Gasteiger partial charge < -0.3 is 5.11 Å². The lowest BCUT2D eigenvalue weighted by Gasteiger charge is -2.01. The molecule has 15 heavy (non-hydrogen) atoms. The zero-order valence-electron chi connectivity index (χ0n) is 7.33. The van der Waals surface area contributed by atoms with Gasteiger partial charge in [0.15, 0.2) is 5.75 Å². The van der Waals surface area contributed by atoms with E-state index in [2.05, 4.69) is 4.85 Å². The smallest absolute Gasteiger partial charge is 0.262 e. The Labute approximate surface area is 96.6 Å². The van der Waals surface area contributed by atoms with Crippen LogP contribution in [0.4, 0.5) is 0 Å². The van der Waals surface area contributed by atoms with Crippen LogP contribution in [0.15, 0.2) is 17.8 Å². The van der Waals surface area contributed by atoms with Crippen molar-refractivity contribution in [3.05, 3.63) is 44.9 Å². The fourth-order valence-electron chi connectivity index (χ4n) is 0.916. The molecule has 1 aromatic rings. The van der Waals surface area contributed by atoms with Crippen LogP contribution < -0.4 is 0 Å². The first-order valence-electron chi connectivity index (χ1n) is 3.75. The second-order valence-corrected chi connectivity index (χ2v) is 3.40. The molecule has 0 aliphatic heterocycles. The van der Waals surface area contributed by atoms with Crippen molar-refractivity contribution < 1.29 is 5.11 Å². The Bertz CT molecular complexity index is 470. The number of phenols is 1. The third-order valence-corrected chi connectivity index (χ3v) is 2.15. The van der Waals surface area contributed by atoms with E-state index in [4.69, 9.17) is 35.0 Å². The predicted octanol–water partition coefficient (Wildman–Crippen LogP) is 3.48. The Balaban J connectivity index is 3.26. The van der Waals surface area contributed by atoms with E-state index < -0.39 is 0 Å². The number of benzene rings is 1. The van der Waals surface area contributed by atoms with Gasteiger partial charge in [0.05, 0.1) is 22.7 Å². The SMILES string of the molecule is [C-]#[N+]/C(C#N)=C/c1cc(Cl)c(O)c(Cl)c1. The molecule has 0 aliphatic rings. The van der Waals surface area contributed by atoms with Crippen LogP contribution in [-0.4, -0.2) is 5.11 Å². The Hall–Kier alpha value is -1.68. The minimum absolute atomic E-state index is 0.0761. The van der Waals surface area contributed by atoms with Crippen LogP contribution in [0.1, 0.15) is 5.56 Å². The van der Waals surface area contributed by atoms with E-state index in [1.807, 2.05) is 0 Å². The summed E-state index contributed by atoms with van der Waals surface area (Å²) in [5, 5.41) is 18.0. The fourth-order valence-corrected chi connectivity index (χ4v) is 1.42. The molecule has 74 valence electrons. The molecule has 0 bridgehead atoms. The molecule has 0 spiro atoms. The lowest BCUT2D eigenvalue weighted by Crippen LogP contribution is -1.78. The van der Waals surface area contributed by atoms with Crippen LogP contribution in [0, 0.1) is 17.9 Å². The first-order valence-corrected chi connectivity index (χ1v) is 4.51. The number of phenolic OH excluding ortho intramolecular Hbond substituents is 1. The second kappa shape index (κ2) is 4.70. The van der Waals surface area contributed by atoms with E-state index in [-0.39, 0.29) is 21.5 Å². The van der Waals surface area contributed by atoms with Crippen LogP contribution in [0.2, 0.25) is 10.0 Å². The molecule has 1 N–H and O–H groups in total. The number of hydrogen-bond donors (Lipinski definition) is 1. The molecule has 0 amide bonds. The first-order chi connectivity index (χ1) is 7.08. The van der Waals surface area contributed by atoms with Crippen molar-refractivity contribution in [2.24, 2.45) is 0 Å². The van der Waals surface area contributed by atoms with E-state index in [1.54, 1.807) is 6.07 Å². The van der Waals surface area contributed by atoms with Gasteiger partial charge in [0, 0.05) is 0 Å². The summed E-state index contributed by atoms with van der Waals surface area (Å²) >= 11 is 11.3. The predicted molar refractivity (Wildman–Crippen MR) is 58.3 cm³/mol. The first kappa shape index (κ1) is 11.4. The summed E-state index contributed by atoms with van der Waals surface area (Å²) in [5.74, 6) is -0.211. The van der Waals surface area contributed by atoms with Crippen LogP contribution in [0.3, 0.4) is 0 Å². The van der Waals surface area contributed by atoms with Crippen LogP contribution in [0.5, 0.6) is 5.75 Å². The van der Waals surface area contributed by atoms with E-state index in [1.165, 1.54) is 18.2 Å². The lowest BCUT2D eigenvalue weighted by molar-refractivity contribution is 0.476. The monoisotopic (exact) mass is 238 g/mol. The van der Waals surface area contributed by atoms with Gasteiger partial charge in [-0.15, -0.1) is 0 Å². The highest BCUT2D eigenvalue weighted by Crippen LogP contribution is 2.33. The maximum absolute atomic E-state index is 9.27. The molecule has 5 heteroatoms. The normalized spacial score (nSPS) is 10.5. The van der Waals surface area contributed by atoms with Crippen molar-refractivity contribution in [1.29, 1.82) is 5.26 Å². The molecule has 0 saturated heterocycles. The van der Waals surface area contributed by atoms with Crippen LogP contribution in [0.25, 0.3) is 10.9 Å². The second-order valence-electron chi connectivity index (χ2n) is 2.59. The number of hydrogen-bond acceptors (Lipinski definition) is 2. The molecule has 0 aliphatic carbocycles. The summed E-state index contributed by atoms with van der Waals surface area (Å²) in [6.45, 7) is 6.68. The minimum Gasteiger partial charge on any atom is -0.505 e. The number of nitriles is 1. The largest absolute Gasteiger partial charge is 0.505 e. The van der Waals surface area contributed by atoms with Crippen LogP contribution >= 0.6 is 23.2 Å². The lowest BCUT2D eigenvalue weighted by atomic mass is 10.2. The molecule has 0 aromatic heterocycles. The third-order valence-electron chi connectivity index (χ3n) is 1.58. The number of halogens is 2. The van der Waals surface area contributed by atoms with Gasteiger partial charge in [-0.2, -0.15) is 0 Å². The van der Waals surface area contributed by atoms with E-state index >= 15 is 0 Å². The molecule has 0 radical (unpaired) electrons. The minimum atomic E-state index is -0.211. The fraction of sp³-hybridized carbons (Fsp3) is 0. The quantitative estimate of drug-likeness (QED) is 0.602. The maximum Gasteiger partial charge on any atom is 0.262 e. The number of aromatic hydroxyl groups is 1. The third kappa shape index (κ3) is 2.63.